The Hall–Kier alpha value is -3.09. The minimum atomic E-state index is -3.05. The number of hydrogen-bond acceptors (Lipinski definition) is 10. The van der Waals surface area contributed by atoms with Crippen LogP contribution >= 0.6 is 0 Å². The van der Waals surface area contributed by atoms with Gasteiger partial charge in [-0.2, -0.15) is 4.98 Å². The third-order valence-corrected chi connectivity index (χ3v) is 9.00. The molecule has 216 valence electrons. The smallest absolute Gasteiger partial charge is 0.227 e. The highest BCUT2D eigenvalue weighted by atomic mass is 32.2. The number of rotatable bonds is 8. The van der Waals surface area contributed by atoms with Gasteiger partial charge in [0.2, 0.25) is 5.95 Å². The number of alkyl halides is 1. The Labute approximate surface area is 235 Å². The highest BCUT2D eigenvalue weighted by Gasteiger charge is 2.38. The molecule has 0 radical (unpaired) electrons. The molecule has 2 aliphatic heterocycles. The zero-order valence-corrected chi connectivity index (χ0v) is 24.4. The number of sulfone groups is 1. The van der Waals surface area contributed by atoms with E-state index in [9.17, 15) is 12.8 Å². The number of methoxy groups -OCH3 is 1. The summed E-state index contributed by atoms with van der Waals surface area (Å²) >= 11 is 0. The number of piperidine rings is 1. The van der Waals surface area contributed by atoms with Gasteiger partial charge in [0, 0.05) is 67.4 Å². The van der Waals surface area contributed by atoms with Crippen LogP contribution in [0.4, 0.5) is 27.7 Å². The van der Waals surface area contributed by atoms with E-state index in [0.717, 1.165) is 22.0 Å². The number of hydrogen-bond donors (Lipinski definition) is 2. The number of pyridine rings is 1. The first-order valence-corrected chi connectivity index (χ1v) is 15.6. The number of nitrogens with one attached hydrogen (secondary N) is 1. The van der Waals surface area contributed by atoms with Crippen molar-refractivity contribution in [3.05, 3.63) is 42.2 Å². The van der Waals surface area contributed by atoms with Crippen molar-refractivity contribution in [1.29, 1.82) is 0 Å². The number of benzene rings is 1. The molecule has 2 fully saturated rings. The molecule has 4 heterocycles. The van der Waals surface area contributed by atoms with Gasteiger partial charge in [0.25, 0.3) is 0 Å². The van der Waals surface area contributed by atoms with Crippen molar-refractivity contribution >= 4 is 43.9 Å². The molecule has 2 saturated heterocycles. The number of halogens is 1. The summed E-state index contributed by atoms with van der Waals surface area (Å²) in [6, 6.07) is 7.89. The van der Waals surface area contributed by atoms with Crippen molar-refractivity contribution in [2.24, 2.45) is 11.7 Å². The third kappa shape index (κ3) is 5.84. The second kappa shape index (κ2) is 10.7. The molecule has 2 aromatic heterocycles. The van der Waals surface area contributed by atoms with Crippen LogP contribution in [0.5, 0.6) is 0 Å². The van der Waals surface area contributed by atoms with Gasteiger partial charge in [0.05, 0.1) is 18.4 Å². The van der Waals surface area contributed by atoms with Gasteiger partial charge < -0.3 is 25.6 Å². The summed E-state index contributed by atoms with van der Waals surface area (Å²) in [4.78, 5) is 17.7. The minimum absolute atomic E-state index is 0.0875. The Morgan fingerprint density at radius 3 is 2.60 bits per heavy atom. The maximum absolute atomic E-state index is 14.5. The normalized spacial score (nSPS) is 23.8. The van der Waals surface area contributed by atoms with E-state index >= 15 is 0 Å². The van der Waals surface area contributed by atoms with Crippen LogP contribution in [-0.4, -0.2) is 80.4 Å². The summed E-state index contributed by atoms with van der Waals surface area (Å²) in [6.45, 7) is 7.43. The second-order valence-corrected chi connectivity index (χ2v) is 13.8. The molecule has 3 aromatic rings. The van der Waals surface area contributed by atoms with Crippen molar-refractivity contribution in [3.63, 3.8) is 0 Å². The molecule has 5 rings (SSSR count). The number of anilines is 4. The maximum Gasteiger partial charge on any atom is 0.227 e. The Balaban J connectivity index is 1.42. The van der Waals surface area contributed by atoms with Crippen LogP contribution in [0.1, 0.15) is 32.8 Å². The van der Waals surface area contributed by atoms with Gasteiger partial charge in [-0.3, -0.25) is 0 Å². The Kier molecular flexibility index (Phi) is 7.62. The molecule has 0 amide bonds. The third-order valence-electron chi connectivity index (χ3n) is 7.97. The van der Waals surface area contributed by atoms with Crippen molar-refractivity contribution in [2.45, 2.75) is 51.0 Å². The van der Waals surface area contributed by atoms with Crippen LogP contribution in [0.2, 0.25) is 0 Å². The lowest BCUT2D eigenvalue weighted by Crippen LogP contribution is -2.57. The van der Waals surface area contributed by atoms with Gasteiger partial charge in [-0.15, -0.1) is 0 Å². The largest absolute Gasteiger partial charge is 0.378 e. The molecule has 4 atom stereocenters. The van der Waals surface area contributed by atoms with E-state index in [1.165, 1.54) is 13.4 Å². The first-order valence-electron chi connectivity index (χ1n) is 13.5. The number of aromatic nitrogens is 3. The van der Waals surface area contributed by atoms with Gasteiger partial charge in [0.1, 0.15) is 27.6 Å². The molecule has 0 saturated carbocycles. The highest BCUT2D eigenvalue weighted by molar-refractivity contribution is 7.90. The topological polar surface area (TPSA) is 127 Å². The number of ether oxygens (including phenoxy) is 1. The van der Waals surface area contributed by atoms with Crippen LogP contribution in [0.3, 0.4) is 0 Å². The van der Waals surface area contributed by atoms with Gasteiger partial charge in [0.15, 0.2) is 0 Å². The first-order chi connectivity index (χ1) is 18.8. The summed E-state index contributed by atoms with van der Waals surface area (Å²) in [5.41, 5.74) is 7.93. The fourth-order valence-corrected chi connectivity index (χ4v) is 6.89. The van der Waals surface area contributed by atoms with Crippen LogP contribution in [0.25, 0.3) is 10.8 Å². The summed E-state index contributed by atoms with van der Waals surface area (Å²) < 4.78 is 43.4. The summed E-state index contributed by atoms with van der Waals surface area (Å²) in [5.74, 6) is 1.85. The van der Waals surface area contributed by atoms with E-state index in [1.807, 2.05) is 37.1 Å². The fraction of sp³-hybridized carbons (Fsp3) is 0.536. The standard InChI is InChI=1S/C28H38FN7O3S/c1-17-18(16-40(5,37)38)14-36(17)23-7-6-21(28(2,3)30)19-12-26(32-13-20(19)23)33-25-8-10-31-27(34-25)35-11-9-24(39-4)22(29)15-35/h6-8,10,12-13,17-18,22,24H,9,11,14-16,30H2,1-5H3,(H,31,32,33,34)/t17-,18-,22-,24+/m1/s1. The number of nitrogens with zero attached hydrogens (tertiary/aromatic N) is 5. The van der Waals surface area contributed by atoms with Crippen LogP contribution < -0.4 is 20.9 Å². The van der Waals surface area contributed by atoms with Crippen molar-refractivity contribution < 1.29 is 17.5 Å². The molecule has 10 nitrogen and oxygen atoms in total. The van der Waals surface area contributed by atoms with E-state index < -0.39 is 27.7 Å². The van der Waals surface area contributed by atoms with Gasteiger partial charge in [-0.1, -0.05) is 6.07 Å². The zero-order valence-electron chi connectivity index (χ0n) is 23.6. The van der Waals surface area contributed by atoms with Crippen molar-refractivity contribution in [2.75, 3.05) is 53.9 Å². The first kappa shape index (κ1) is 28.4. The van der Waals surface area contributed by atoms with Gasteiger partial charge >= 0.3 is 0 Å². The molecule has 2 aliphatic rings. The lowest BCUT2D eigenvalue weighted by molar-refractivity contribution is 0.0194. The molecule has 1 aromatic carbocycles. The quantitative estimate of drug-likeness (QED) is 0.415. The molecule has 12 heteroatoms. The monoisotopic (exact) mass is 571 g/mol. The molecular formula is C28H38FN7O3S. The van der Waals surface area contributed by atoms with E-state index in [0.29, 0.717) is 37.1 Å². The molecule has 0 aliphatic carbocycles. The summed E-state index contributed by atoms with van der Waals surface area (Å²) in [6.07, 6.45) is 3.81. The van der Waals surface area contributed by atoms with E-state index in [-0.39, 0.29) is 24.3 Å². The van der Waals surface area contributed by atoms with Gasteiger partial charge in [-0.05, 0) is 56.3 Å². The lowest BCUT2D eigenvalue weighted by atomic mass is 9.87. The number of nitrogens with two attached hydrogens (primary N) is 1. The molecule has 0 bridgehead atoms. The zero-order chi connectivity index (χ0) is 28.8. The summed E-state index contributed by atoms with van der Waals surface area (Å²) in [5, 5.41) is 5.18. The van der Waals surface area contributed by atoms with Crippen LogP contribution in [0.15, 0.2) is 36.7 Å². The second-order valence-electron chi connectivity index (χ2n) is 11.6. The molecule has 0 spiro atoms. The molecular weight excluding hydrogens is 533 g/mol. The van der Waals surface area contributed by atoms with Crippen LogP contribution in [0, 0.1) is 5.92 Å². The maximum atomic E-state index is 14.5. The van der Waals surface area contributed by atoms with E-state index in [2.05, 4.69) is 38.2 Å². The minimum Gasteiger partial charge on any atom is -0.378 e. The van der Waals surface area contributed by atoms with E-state index in [4.69, 9.17) is 10.5 Å². The Morgan fingerprint density at radius 2 is 1.95 bits per heavy atom. The molecule has 0 unspecified atom stereocenters. The fourth-order valence-electron chi connectivity index (χ4n) is 5.72. The SMILES string of the molecule is CO[C@H]1CCN(c2nccc(Nc3cc4c(C(C)(C)N)ccc(N5C[C@H](CS(C)(=O)=O)[C@H]5C)c4cn3)n2)C[C@H]1F. The average Bonchev–Trinajstić information content (AvgIpc) is 2.89. The molecule has 3 N–H and O–H groups in total. The van der Waals surface area contributed by atoms with Crippen LogP contribution in [-0.2, 0) is 20.1 Å². The molecule has 40 heavy (non-hydrogen) atoms. The average molecular weight is 572 g/mol. The lowest BCUT2D eigenvalue weighted by Gasteiger charge is -2.48. The van der Waals surface area contributed by atoms with Crippen molar-refractivity contribution in [1.82, 2.24) is 15.0 Å². The predicted octanol–water partition coefficient (Wildman–Crippen LogP) is 3.39. The van der Waals surface area contributed by atoms with E-state index in [1.54, 1.807) is 12.3 Å². The predicted molar refractivity (Wildman–Crippen MR) is 157 cm³/mol. The number of fused-ring (bicyclic) bond motifs is 1. The Morgan fingerprint density at radius 1 is 1.18 bits per heavy atom. The van der Waals surface area contributed by atoms with Gasteiger partial charge in [-0.25, -0.2) is 22.8 Å². The Bertz CT molecular complexity index is 1500. The van der Waals surface area contributed by atoms with Crippen molar-refractivity contribution in [3.8, 4) is 0 Å². The highest BCUT2D eigenvalue weighted by Crippen LogP contribution is 2.40. The summed E-state index contributed by atoms with van der Waals surface area (Å²) in [7, 11) is -1.51.